The fraction of sp³-hybridized carbons (Fsp3) is 0.444. The number of ether oxygens (including phenoxy) is 2. The molecule has 1 aromatic heterocycles. The lowest BCUT2D eigenvalue weighted by Crippen LogP contribution is -2.48. The van der Waals surface area contributed by atoms with Crippen LogP contribution in [0.1, 0.15) is 24.5 Å². The normalized spacial score (nSPS) is 20.5. The summed E-state index contributed by atoms with van der Waals surface area (Å²) in [6, 6.07) is 7.21. The molecule has 25 heavy (non-hydrogen) atoms. The van der Waals surface area contributed by atoms with Crippen molar-refractivity contribution in [2.45, 2.75) is 39.1 Å². The standard InChI is InChI=1S/C18H21ClN2O3S/c1-12-8-21(9-13(2)24-12)18(22)7-15-11-25-17(20-15)10-23-16-5-3-14(19)4-6-16/h3-6,11-13H,7-10H2,1-2H3. The first kappa shape index (κ1) is 18.2. The van der Waals surface area contributed by atoms with Crippen molar-refractivity contribution in [2.24, 2.45) is 0 Å². The number of hydrogen-bond donors (Lipinski definition) is 0. The van der Waals surface area contributed by atoms with E-state index < -0.39 is 0 Å². The van der Waals surface area contributed by atoms with E-state index in [2.05, 4.69) is 4.98 Å². The molecule has 0 aliphatic carbocycles. The minimum atomic E-state index is 0.0754. The summed E-state index contributed by atoms with van der Waals surface area (Å²) in [4.78, 5) is 18.8. The van der Waals surface area contributed by atoms with E-state index in [1.807, 2.05) is 36.3 Å². The topological polar surface area (TPSA) is 51.7 Å². The van der Waals surface area contributed by atoms with E-state index in [0.29, 0.717) is 31.1 Å². The van der Waals surface area contributed by atoms with Gasteiger partial charge in [-0.2, -0.15) is 0 Å². The van der Waals surface area contributed by atoms with Gasteiger partial charge in [0.05, 0.1) is 24.3 Å². The molecule has 2 atom stereocenters. The summed E-state index contributed by atoms with van der Waals surface area (Å²) in [5.74, 6) is 0.839. The predicted octanol–water partition coefficient (Wildman–Crippen LogP) is 3.55. The number of thiazole rings is 1. The van der Waals surface area contributed by atoms with E-state index in [4.69, 9.17) is 21.1 Å². The molecule has 0 N–H and O–H groups in total. The molecule has 5 nitrogen and oxygen atoms in total. The van der Waals surface area contributed by atoms with Crippen LogP contribution in [0.3, 0.4) is 0 Å². The van der Waals surface area contributed by atoms with Gasteiger partial charge < -0.3 is 14.4 Å². The number of morpholine rings is 1. The van der Waals surface area contributed by atoms with Gasteiger partial charge in [-0.15, -0.1) is 11.3 Å². The Hall–Kier alpha value is -1.63. The summed E-state index contributed by atoms with van der Waals surface area (Å²) >= 11 is 7.36. The summed E-state index contributed by atoms with van der Waals surface area (Å²) in [6.07, 6.45) is 0.467. The number of amides is 1. The first-order valence-corrected chi connectivity index (χ1v) is 9.50. The number of aromatic nitrogens is 1. The maximum Gasteiger partial charge on any atom is 0.228 e. The van der Waals surface area contributed by atoms with Crippen LogP contribution in [-0.4, -0.2) is 41.1 Å². The number of carbonyl (C=O) groups excluding carboxylic acids is 1. The van der Waals surface area contributed by atoms with Crippen molar-refractivity contribution in [2.75, 3.05) is 13.1 Å². The summed E-state index contributed by atoms with van der Waals surface area (Å²) in [5, 5.41) is 3.45. The van der Waals surface area contributed by atoms with Crippen LogP contribution in [0.25, 0.3) is 0 Å². The average molecular weight is 381 g/mol. The number of nitrogens with zero attached hydrogens (tertiary/aromatic N) is 2. The highest BCUT2D eigenvalue weighted by atomic mass is 35.5. The lowest BCUT2D eigenvalue weighted by Gasteiger charge is -2.35. The summed E-state index contributed by atoms with van der Waals surface area (Å²) in [7, 11) is 0. The SMILES string of the molecule is CC1CN(C(=O)Cc2csc(COc3ccc(Cl)cc3)n2)CC(C)O1. The first-order valence-electron chi connectivity index (χ1n) is 8.24. The summed E-state index contributed by atoms with van der Waals surface area (Å²) in [5.41, 5.74) is 0.788. The smallest absolute Gasteiger partial charge is 0.228 e. The van der Waals surface area contributed by atoms with Crippen LogP contribution in [0.15, 0.2) is 29.6 Å². The highest BCUT2D eigenvalue weighted by Crippen LogP contribution is 2.19. The van der Waals surface area contributed by atoms with Gasteiger partial charge in [-0.25, -0.2) is 4.98 Å². The Kier molecular flexibility index (Phi) is 5.93. The second kappa shape index (κ2) is 8.17. The molecule has 2 unspecified atom stereocenters. The quantitative estimate of drug-likeness (QED) is 0.795. The molecule has 134 valence electrons. The van der Waals surface area contributed by atoms with Crippen molar-refractivity contribution in [1.82, 2.24) is 9.88 Å². The minimum Gasteiger partial charge on any atom is -0.486 e. The molecule has 0 spiro atoms. The fourth-order valence-corrected chi connectivity index (χ4v) is 3.65. The Balaban J connectivity index is 1.52. The van der Waals surface area contributed by atoms with Crippen LogP contribution in [-0.2, 0) is 22.6 Å². The second-order valence-electron chi connectivity index (χ2n) is 6.21. The van der Waals surface area contributed by atoms with Crippen molar-refractivity contribution in [3.63, 3.8) is 0 Å². The van der Waals surface area contributed by atoms with Gasteiger partial charge in [0, 0.05) is 23.5 Å². The molecule has 1 saturated heterocycles. The molecule has 0 bridgehead atoms. The molecule has 1 amide bonds. The van der Waals surface area contributed by atoms with Crippen molar-refractivity contribution < 1.29 is 14.3 Å². The Bertz CT molecular complexity index is 709. The van der Waals surface area contributed by atoms with Crippen molar-refractivity contribution in [3.05, 3.63) is 45.4 Å². The van der Waals surface area contributed by atoms with E-state index >= 15 is 0 Å². The highest BCUT2D eigenvalue weighted by molar-refractivity contribution is 7.09. The van der Waals surface area contributed by atoms with Crippen LogP contribution < -0.4 is 4.74 Å². The molecule has 0 saturated carbocycles. The minimum absolute atomic E-state index is 0.0754. The van der Waals surface area contributed by atoms with Crippen LogP contribution >= 0.6 is 22.9 Å². The van der Waals surface area contributed by atoms with E-state index in [1.54, 1.807) is 12.1 Å². The van der Waals surface area contributed by atoms with Crippen molar-refractivity contribution >= 4 is 28.8 Å². The van der Waals surface area contributed by atoms with E-state index in [1.165, 1.54) is 11.3 Å². The second-order valence-corrected chi connectivity index (χ2v) is 7.59. The lowest BCUT2D eigenvalue weighted by atomic mass is 10.2. The van der Waals surface area contributed by atoms with Gasteiger partial charge in [-0.05, 0) is 38.1 Å². The Morgan fingerprint density at radius 1 is 1.32 bits per heavy atom. The zero-order chi connectivity index (χ0) is 17.8. The zero-order valence-corrected chi connectivity index (χ0v) is 15.8. The van der Waals surface area contributed by atoms with Gasteiger partial charge in [0.1, 0.15) is 17.4 Å². The lowest BCUT2D eigenvalue weighted by molar-refractivity contribution is -0.142. The number of hydrogen-bond acceptors (Lipinski definition) is 5. The zero-order valence-electron chi connectivity index (χ0n) is 14.3. The monoisotopic (exact) mass is 380 g/mol. The van der Waals surface area contributed by atoms with Gasteiger partial charge in [0.25, 0.3) is 0 Å². The third-order valence-corrected chi connectivity index (χ3v) is 5.00. The third kappa shape index (κ3) is 5.17. The number of halogens is 1. The van der Waals surface area contributed by atoms with Crippen molar-refractivity contribution in [3.8, 4) is 5.75 Å². The third-order valence-electron chi connectivity index (χ3n) is 3.88. The fourth-order valence-electron chi connectivity index (χ4n) is 2.82. The van der Waals surface area contributed by atoms with E-state index in [9.17, 15) is 4.79 Å². The molecule has 1 aliphatic rings. The van der Waals surface area contributed by atoms with Gasteiger partial charge >= 0.3 is 0 Å². The van der Waals surface area contributed by atoms with Crippen LogP contribution in [0.2, 0.25) is 5.02 Å². The first-order chi connectivity index (χ1) is 12.0. The maximum atomic E-state index is 12.5. The van der Waals surface area contributed by atoms with E-state index in [0.717, 1.165) is 16.5 Å². The van der Waals surface area contributed by atoms with Crippen molar-refractivity contribution in [1.29, 1.82) is 0 Å². The highest BCUT2D eigenvalue weighted by Gasteiger charge is 2.26. The Morgan fingerprint density at radius 3 is 2.68 bits per heavy atom. The number of carbonyl (C=O) groups is 1. The number of benzene rings is 1. The van der Waals surface area contributed by atoms with Gasteiger partial charge in [0.15, 0.2) is 0 Å². The molecule has 0 radical (unpaired) electrons. The van der Waals surface area contributed by atoms with Gasteiger partial charge in [-0.1, -0.05) is 11.6 Å². The molecule has 3 rings (SSSR count). The molecular weight excluding hydrogens is 360 g/mol. The van der Waals surface area contributed by atoms with Gasteiger partial charge in [0.2, 0.25) is 5.91 Å². The molecule has 1 aliphatic heterocycles. The van der Waals surface area contributed by atoms with Gasteiger partial charge in [-0.3, -0.25) is 4.79 Å². The molecule has 2 heterocycles. The number of rotatable bonds is 5. The Morgan fingerprint density at radius 2 is 2.00 bits per heavy atom. The average Bonchev–Trinajstić information content (AvgIpc) is 3.01. The molecule has 2 aromatic rings. The Labute approximate surface area is 156 Å². The molecule has 7 heteroatoms. The maximum absolute atomic E-state index is 12.5. The van der Waals surface area contributed by atoms with Crippen LogP contribution in [0.4, 0.5) is 0 Å². The predicted molar refractivity (Wildman–Crippen MR) is 98.2 cm³/mol. The summed E-state index contributed by atoms with van der Waals surface area (Å²) in [6.45, 7) is 5.64. The summed E-state index contributed by atoms with van der Waals surface area (Å²) < 4.78 is 11.4. The largest absolute Gasteiger partial charge is 0.486 e. The molecule has 1 aromatic carbocycles. The molecular formula is C18H21ClN2O3S. The molecule has 1 fully saturated rings. The van der Waals surface area contributed by atoms with Crippen LogP contribution in [0, 0.1) is 0 Å². The van der Waals surface area contributed by atoms with E-state index in [-0.39, 0.29) is 18.1 Å². The van der Waals surface area contributed by atoms with Crippen LogP contribution in [0.5, 0.6) is 5.75 Å².